The normalized spacial score (nSPS) is 12.8. The third kappa shape index (κ3) is 4.74. The number of rotatable bonds is 5. The molecule has 0 bridgehead atoms. The van der Waals surface area contributed by atoms with Gasteiger partial charge in [-0.15, -0.1) is 23.7 Å². The number of nitrogens with zero attached hydrogens (tertiary/aromatic N) is 2. The van der Waals surface area contributed by atoms with Crippen molar-refractivity contribution in [3.8, 4) is 0 Å². The van der Waals surface area contributed by atoms with Gasteiger partial charge in [0.2, 0.25) is 0 Å². The zero-order chi connectivity index (χ0) is 15.2. The van der Waals surface area contributed by atoms with Crippen LogP contribution >= 0.6 is 23.7 Å². The predicted octanol–water partition coefficient (Wildman–Crippen LogP) is 1.56. The number of carbonyl (C=O) groups excluding carboxylic acids is 1. The van der Waals surface area contributed by atoms with E-state index in [4.69, 9.17) is 10.5 Å². The van der Waals surface area contributed by atoms with Crippen molar-refractivity contribution < 1.29 is 13.9 Å². The average Bonchev–Trinajstić information content (AvgIpc) is 2.89. The first-order chi connectivity index (χ1) is 10.1. The molecule has 1 atom stereocenters. The number of nitrogens with two attached hydrogens (primary N) is 1. The summed E-state index contributed by atoms with van der Waals surface area (Å²) in [7, 11) is 1.47. The van der Waals surface area contributed by atoms with Crippen molar-refractivity contribution in [1.82, 2.24) is 4.57 Å². The molecule has 5 nitrogen and oxygen atoms in total. The zero-order valence-corrected chi connectivity index (χ0v) is 13.6. The highest BCUT2D eigenvalue weighted by molar-refractivity contribution is 7.07. The number of thiazole rings is 1. The van der Waals surface area contributed by atoms with Crippen molar-refractivity contribution in [1.29, 1.82) is 0 Å². The fraction of sp³-hybridized carbons (Fsp3) is 0.286. The minimum atomic E-state index is -0.793. The van der Waals surface area contributed by atoms with E-state index in [-0.39, 0.29) is 24.8 Å². The lowest BCUT2D eigenvalue weighted by Crippen LogP contribution is -2.35. The molecule has 0 fully saturated rings. The van der Waals surface area contributed by atoms with E-state index in [0.29, 0.717) is 16.9 Å². The number of hydrogen-bond acceptors (Lipinski definition) is 4. The van der Waals surface area contributed by atoms with Crippen molar-refractivity contribution >= 4 is 29.7 Å². The van der Waals surface area contributed by atoms with E-state index in [1.807, 2.05) is 0 Å². The molecular weight excluding hydrogens is 329 g/mol. The molecule has 2 rings (SSSR count). The van der Waals surface area contributed by atoms with Gasteiger partial charge in [0.05, 0.1) is 13.2 Å². The molecule has 0 radical (unpaired) electrons. The van der Waals surface area contributed by atoms with E-state index in [9.17, 15) is 9.18 Å². The van der Waals surface area contributed by atoms with Crippen LogP contribution in [0.5, 0.6) is 0 Å². The summed E-state index contributed by atoms with van der Waals surface area (Å²) >= 11 is 1.30. The van der Waals surface area contributed by atoms with Gasteiger partial charge in [0.25, 0.3) is 5.91 Å². The highest BCUT2D eigenvalue weighted by Crippen LogP contribution is 2.08. The summed E-state index contributed by atoms with van der Waals surface area (Å²) in [5.74, 6) is -0.744. The molecule has 1 aromatic heterocycles. The summed E-state index contributed by atoms with van der Waals surface area (Å²) in [6.07, 6.45) is 1.76. The van der Waals surface area contributed by atoms with Gasteiger partial charge in [-0.3, -0.25) is 4.79 Å². The summed E-state index contributed by atoms with van der Waals surface area (Å²) in [5.41, 5.74) is 6.17. The smallest absolute Gasteiger partial charge is 0.267 e. The van der Waals surface area contributed by atoms with Crippen LogP contribution < -0.4 is 10.5 Å². The standard InChI is InChI=1S/C14H16FN3O2S.ClH/c1-20-9-12(16)13(19)17-14-18(6-7-21-14)8-10-4-2-3-5-11(10)15;/h2-7,12H,8-9,16H2,1H3;1H. The van der Waals surface area contributed by atoms with Gasteiger partial charge in [-0.1, -0.05) is 18.2 Å². The Labute approximate surface area is 137 Å². The van der Waals surface area contributed by atoms with Crippen LogP contribution in [-0.4, -0.2) is 30.2 Å². The minimum Gasteiger partial charge on any atom is -0.383 e. The van der Waals surface area contributed by atoms with E-state index in [0.717, 1.165) is 0 Å². The molecule has 1 heterocycles. The van der Waals surface area contributed by atoms with Gasteiger partial charge >= 0.3 is 0 Å². The van der Waals surface area contributed by atoms with Crippen LogP contribution in [0, 0.1) is 5.82 Å². The fourth-order valence-electron chi connectivity index (χ4n) is 1.75. The lowest BCUT2D eigenvalue weighted by atomic mass is 10.2. The molecule has 0 saturated carbocycles. The number of ether oxygens (including phenoxy) is 1. The van der Waals surface area contributed by atoms with Crippen molar-refractivity contribution in [2.45, 2.75) is 12.6 Å². The second-order valence-electron chi connectivity index (χ2n) is 4.42. The maximum atomic E-state index is 13.7. The Hall–Kier alpha value is -1.54. The molecule has 1 aromatic carbocycles. The molecule has 1 unspecified atom stereocenters. The maximum Gasteiger partial charge on any atom is 0.267 e. The number of benzene rings is 1. The van der Waals surface area contributed by atoms with Gasteiger partial charge in [0, 0.05) is 24.3 Å². The van der Waals surface area contributed by atoms with E-state index in [1.165, 1.54) is 24.5 Å². The number of amides is 1. The Morgan fingerprint density at radius 3 is 2.91 bits per heavy atom. The second-order valence-corrected chi connectivity index (χ2v) is 5.29. The van der Waals surface area contributed by atoms with Gasteiger partial charge in [0.1, 0.15) is 11.9 Å². The van der Waals surface area contributed by atoms with Crippen LogP contribution in [0.2, 0.25) is 0 Å². The summed E-state index contributed by atoms with van der Waals surface area (Å²) in [4.78, 5) is 16.3. The molecule has 8 heteroatoms. The molecule has 1 amide bonds. The van der Waals surface area contributed by atoms with E-state index in [2.05, 4.69) is 4.99 Å². The van der Waals surface area contributed by atoms with Crippen LogP contribution in [0.1, 0.15) is 5.56 Å². The third-order valence-electron chi connectivity index (χ3n) is 2.83. The van der Waals surface area contributed by atoms with E-state index < -0.39 is 11.9 Å². The minimum absolute atomic E-state index is 0. The highest BCUT2D eigenvalue weighted by atomic mass is 35.5. The van der Waals surface area contributed by atoms with Crippen LogP contribution in [-0.2, 0) is 16.1 Å². The molecule has 0 spiro atoms. The van der Waals surface area contributed by atoms with E-state index >= 15 is 0 Å². The lowest BCUT2D eigenvalue weighted by Gasteiger charge is -2.06. The number of hydrogen-bond donors (Lipinski definition) is 1. The first-order valence-electron chi connectivity index (χ1n) is 6.32. The second kappa shape index (κ2) is 8.79. The maximum absolute atomic E-state index is 13.7. The third-order valence-corrected chi connectivity index (χ3v) is 3.62. The lowest BCUT2D eigenvalue weighted by molar-refractivity contribution is -0.120. The quantitative estimate of drug-likeness (QED) is 0.894. The van der Waals surface area contributed by atoms with Gasteiger partial charge in [0.15, 0.2) is 4.80 Å². The van der Waals surface area contributed by atoms with Crippen molar-refractivity contribution in [3.05, 3.63) is 52.0 Å². The number of carbonyl (C=O) groups is 1. The molecule has 22 heavy (non-hydrogen) atoms. The molecule has 0 saturated heterocycles. The van der Waals surface area contributed by atoms with Crippen LogP contribution in [0.15, 0.2) is 40.8 Å². The molecule has 0 aliphatic heterocycles. The Bertz CT molecular complexity index is 686. The fourth-order valence-corrected chi connectivity index (χ4v) is 2.48. The van der Waals surface area contributed by atoms with Crippen molar-refractivity contribution in [3.63, 3.8) is 0 Å². The predicted molar refractivity (Wildman–Crippen MR) is 85.5 cm³/mol. The van der Waals surface area contributed by atoms with Crippen LogP contribution in [0.25, 0.3) is 0 Å². The zero-order valence-electron chi connectivity index (χ0n) is 11.9. The number of halogens is 2. The molecule has 0 aliphatic rings. The first kappa shape index (κ1) is 18.5. The Morgan fingerprint density at radius 1 is 1.50 bits per heavy atom. The summed E-state index contributed by atoms with van der Waals surface area (Å²) in [6.45, 7) is 0.419. The summed E-state index contributed by atoms with van der Waals surface area (Å²) in [5, 5.41) is 1.79. The van der Waals surface area contributed by atoms with Gasteiger partial charge in [-0.25, -0.2) is 4.39 Å². The molecule has 2 aromatic rings. The van der Waals surface area contributed by atoms with E-state index in [1.54, 1.807) is 34.3 Å². The summed E-state index contributed by atoms with van der Waals surface area (Å²) < 4.78 is 20.2. The van der Waals surface area contributed by atoms with Crippen molar-refractivity contribution in [2.24, 2.45) is 10.7 Å². The molecule has 120 valence electrons. The largest absolute Gasteiger partial charge is 0.383 e. The Kier molecular flexibility index (Phi) is 7.40. The topological polar surface area (TPSA) is 69.6 Å². The van der Waals surface area contributed by atoms with Gasteiger partial charge in [-0.2, -0.15) is 4.99 Å². The highest BCUT2D eigenvalue weighted by Gasteiger charge is 2.12. The molecule has 2 N–H and O–H groups in total. The van der Waals surface area contributed by atoms with Gasteiger partial charge < -0.3 is 15.0 Å². The molecule has 0 aliphatic carbocycles. The summed E-state index contributed by atoms with van der Waals surface area (Å²) in [6, 6.07) is 5.71. The van der Waals surface area contributed by atoms with Crippen LogP contribution in [0.4, 0.5) is 4.39 Å². The monoisotopic (exact) mass is 345 g/mol. The first-order valence-corrected chi connectivity index (χ1v) is 7.20. The Morgan fingerprint density at radius 2 is 2.23 bits per heavy atom. The number of methoxy groups -OCH3 is 1. The van der Waals surface area contributed by atoms with Gasteiger partial charge in [-0.05, 0) is 6.07 Å². The average molecular weight is 346 g/mol. The SMILES string of the molecule is COCC(N)C(=O)N=c1sccn1Cc1ccccc1F.Cl. The molecular formula is C14H17ClFN3O2S. The number of aromatic nitrogens is 1. The van der Waals surface area contributed by atoms with Crippen LogP contribution in [0.3, 0.4) is 0 Å². The van der Waals surface area contributed by atoms with Crippen molar-refractivity contribution in [2.75, 3.05) is 13.7 Å². The Balaban J connectivity index is 0.00000242.